The molecular weight excluding hydrogens is 222 g/mol. The summed E-state index contributed by atoms with van der Waals surface area (Å²) in [7, 11) is 1.38. The van der Waals surface area contributed by atoms with Gasteiger partial charge in [-0.2, -0.15) is 0 Å². The number of alkyl halides is 2. The average molecular weight is 233 g/mol. The molecule has 0 heterocycles. The zero-order chi connectivity index (χ0) is 11.1. The predicted octanol–water partition coefficient (Wildman–Crippen LogP) is 3.85. The molecule has 1 fully saturated rings. The lowest BCUT2D eigenvalue weighted by Gasteiger charge is -2.19. The van der Waals surface area contributed by atoms with Gasteiger partial charge in [-0.25, -0.2) is 8.78 Å². The molecule has 1 aliphatic carbocycles. The Bertz CT molecular complexity index is 375. The Hall–Kier alpha value is -0.830. The van der Waals surface area contributed by atoms with Gasteiger partial charge in [-0.15, -0.1) is 0 Å². The molecule has 0 radical (unpaired) electrons. The van der Waals surface area contributed by atoms with Crippen molar-refractivity contribution >= 4 is 11.6 Å². The fraction of sp³-hybridized carbons (Fsp3) is 0.455. The van der Waals surface area contributed by atoms with Crippen molar-refractivity contribution in [2.75, 3.05) is 7.11 Å². The molecular formula is C11H11ClF2O. The molecule has 0 atom stereocenters. The Balaban J connectivity index is 2.44. The molecule has 0 saturated heterocycles. The topological polar surface area (TPSA) is 9.23 Å². The summed E-state index contributed by atoms with van der Waals surface area (Å²) in [6.45, 7) is 0. The van der Waals surface area contributed by atoms with Crippen LogP contribution in [0.15, 0.2) is 18.2 Å². The molecule has 0 spiro atoms. The summed E-state index contributed by atoms with van der Waals surface area (Å²) >= 11 is 5.72. The second-order valence-corrected chi connectivity index (χ2v) is 4.18. The number of hydrogen-bond acceptors (Lipinski definition) is 1. The molecule has 0 aromatic heterocycles. The fourth-order valence-electron chi connectivity index (χ4n) is 1.61. The van der Waals surface area contributed by atoms with Crippen molar-refractivity contribution in [3.63, 3.8) is 0 Å². The number of ether oxygens (including phenoxy) is 1. The molecule has 1 aromatic rings. The molecule has 1 nitrogen and oxygen atoms in total. The Morgan fingerprint density at radius 2 is 2.07 bits per heavy atom. The summed E-state index contributed by atoms with van der Waals surface area (Å²) < 4.78 is 32.6. The van der Waals surface area contributed by atoms with E-state index in [2.05, 4.69) is 0 Å². The van der Waals surface area contributed by atoms with Crippen molar-refractivity contribution < 1.29 is 13.5 Å². The van der Waals surface area contributed by atoms with Crippen molar-refractivity contribution in [1.82, 2.24) is 0 Å². The first-order valence-corrected chi connectivity index (χ1v) is 5.15. The molecule has 1 saturated carbocycles. The van der Waals surface area contributed by atoms with Crippen molar-refractivity contribution in [2.24, 2.45) is 5.92 Å². The van der Waals surface area contributed by atoms with Gasteiger partial charge in [0.1, 0.15) is 5.75 Å². The lowest BCUT2D eigenvalue weighted by Crippen LogP contribution is -2.17. The number of rotatable bonds is 3. The van der Waals surface area contributed by atoms with Gasteiger partial charge in [-0.05, 0) is 31.0 Å². The van der Waals surface area contributed by atoms with E-state index in [0.29, 0.717) is 17.9 Å². The zero-order valence-electron chi connectivity index (χ0n) is 8.27. The highest BCUT2D eigenvalue weighted by molar-refractivity contribution is 6.30. The standard InChI is InChI=1S/C11H11ClF2O/c1-15-10-5-4-8(12)6-9(10)11(13,14)7-2-3-7/h4-7H,2-3H2,1H3. The van der Waals surface area contributed by atoms with Crippen LogP contribution in [0, 0.1) is 5.92 Å². The smallest absolute Gasteiger partial charge is 0.279 e. The van der Waals surface area contributed by atoms with E-state index < -0.39 is 11.8 Å². The molecule has 1 aliphatic rings. The lowest BCUT2D eigenvalue weighted by atomic mass is 10.0. The minimum Gasteiger partial charge on any atom is -0.496 e. The second kappa shape index (κ2) is 3.63. The van der Waals surface area contributed by atoms with E-state index in [9.17, 15) is 8.78 Å². The molecule has 15 heavy (non-hydrogen) atoms. The third-order valence-corrected chi connectivity index (χ3v) is 2.85. The van der Waals surface area contributed by atoms with E-state index in [1.165, 1.54) is 19.2 Å². The van der Waals surface area contributed by atoms with Crippen LogP contribution in [-0.2, 0) is 5.92 Å². The molecule has 2 rings (SSSR count). The van der Waals surface area contributed by atoms with E-state index in [4.69, 9.17) is 16.3 Å². The predicted molar refractivity (Wildman–Crippen MR) is 54.6 cm³/mol. The maximum absolute atomic E-state index is 13.8. The highest BCUT2D eigenvalue weighted by Crippen LogP contribution is 2.52. The summed E-state index contributed by atoms with van der Waals surface area (Å²) in [6.07, 6.45) is 1.14. The number of hydrogen-bond donors (Lipinski definition) is 0. The monoisotopic (exact) mass is 232 g/mol. The molecule has 82 valence electrons. The fourth-order valence-corrected chi connectivity index (χ4v) is 1.78. The summed E-state index contributed by atoms with van der Waals surface area (Å²) in [5.41, 5.74) is -0.0972. The molecule has 0 unspecified atom stereocenters. The van der Waals surface area contributed by atoms with Crippen LogP contribution in [0.4, 0.5) is 8.78 Å². The largest absolute Gasteiger partial charge is 0.496 e. The van der Waals surface area contributed by atoms with Crippen molar-refractivity contribution in [3.8, 4) is 5.75 Å². The van der Waals surface area contributed by atoms with Crippen molar-refractivity contribution in [3.05, 3.63) is 28.8 Å². The Morgan fingerprint density at radius 3 is 2.60 bits per heavy atom. The molecule has 0 aliphatic heterocycles. The van der Waals surface area contributed by atoms with Crippen LogP contribution in [0.25, 0.3) is 0 Å². The third kappa shape index (κ3) is 1.93. The number of benzene rings is 1. The average Bonchev–Trinajstić information content (AvgIpc) is 3.01. The molecule has 0 amide bonds. The van der Waals surface area contributed by atoms with Gasteiger partial charge in [0.25, 0.3) is 5.92 Å². The molecule has 0 bridgehead atoms. The molecule has 4 heteroatoms. The Labute approximate surface area is 92.0 Å². The van der Waals surface area contributed by atoms with Gasteiger partial charge in [0.15, 0.2) is 0 Å². The second-order valence-electron chi connectivity index (χ2n) is 3.74. The minimum atomic E-state index is -2.82. The van der Waals surface area contributed by atoms with E-state index in [0.717, 1.165) is 0 Å². The van der Waals surface area contributed by atoms with Gasteiger partial charge < -0.3 is 4.74 Å². The van der Waals surface area contributed by atoms with Crippen molar-refractivity contribution in [1.29, 1.82) is 0 Å². The van der Waals surface area contributed by atoms with Gasteiger partial charge >= 0.3 is 0 Å². The highest BCUT2D eigenvalue weighted by atomic mass is 35.5. The van der Waals surface area contributed by atoms with Crippen LogP contribution >= 0.6 is 11.6 Å². The third-order valence-electron chi connectivity index (χ3n) is 2.61. The van der Waals surface area contributed by atoms with Crippen LogP contribution in [0.2, 0.25) is 5.02 Å². The molecule has 0 N–H and O–H groups in total. The normalized spacial score (nSPS) is 16.5. The zero-order valence-corrected chi connectivity index (χ0v) is 9.02. The summed E-state index contributed by atoms with van der Waals surface area (Å²) in [5.74, 6) is -3.17. The van der Waals surface area contributed by atoms with Gasteiger partial charge in [0.2, 0.25) is 0 Å². The van der Waals surface area contributed by atoms with E-state index in [1.54, 1.807) is 6.07 Å². The van der Waals surface area contributed by atoms with E-state index in [-0.39, 0.29) is 11.3 Å². The molecule has 1 aromatic carbocycles. The van der Waals surface area contributed by atoms with Gasteiger partial charge in [-0.3, -0.25) is 0 Å². The van der Waals surface area contributed by atoms with E-state index >= 15 is 0 Å². The van der Waals surface area contributed by atoms with Gasteiger partial charge in [0, 0.05) is 10.9 Å². The maximum atomic E-state index is 13.8. The van der Waals surface area contributed by atoms with Crippen molar-refractivity contribution in [2.45, 2.75) is 18.8 Å². The first kappa shape index (κ1) is 10.7. The highest BCUT2D eigenvalue weighted by Gasteiger charge is 2.49. The SMILES string of the molecule is COc1ccc(Cl)cc1C(F)(F)C1CC1. The minimum absolute atomic E-state index is 0.0972. The number of methoxy groups -OCH3 is 1. The first-order valence-electron chi connectivity index (χ1n) is 4.77. The van der Waals surface area contributed by atoms with Crippen LogP contribution in [0.5, 0.6) is 5.75 Å². The van der Waals surface area contributed by atoms with Crippen LogP contribution in [-0.4, -0.2) is 7.11 Å². The van der Waals surface area contributed by atoms with Crippen LogP contribution < -0.4 is 4.74 Å². The quantitative estimate of drug-likeness (QED) is 0.769. The first-order chi connectivity index (χ1) is 7.05. The van der Waals surface area contributed by atoms with Crippen LogP contribution in [0.1, 0.15) is 18.4 Å². The Morgan fingerprint density at radius 1 is 1.40 bits per heavy atom. The van der Waals surface area contributed by atoms with Gasteiger partial charge in [0.05, 0.1) is 12.7 Å². The maximum Gasteiger partial charge on any atom is 0.279 e. The van der Waals surface area contributed by atoms with Crippen LogP contribution in [0.3, 0.4) is 0 Å². The Kier molecular flexibility index (Phi) is 2.59. The summed E-state index contributed by atoms with van der Waals surface area (Å²) in [5, 5.41) is 0.311. The number of halogens is 3. The summed E-state index contributed by atoms with van der Waals surface area (Å²) in [6, 6.07) is 4.32. The summed E-state index contributed by atoms with van der Waals surface area (Å²) in [4.78, 5) is 0. The van der Waals surface area contributed by atoms with Gasteiger partial charge in [-0.1, -0.05) is 11.6 Å². The van der Waals surface area contributed by atoms with E-state index in [1.807, 2.05) is 0 Å². The lowest BCUT2D eigenvalue weighted by molar-refractivity contribution is -0.0304.